The number of amides is 2. The number of anilines is 2. The second-order valence-electron chi connectivity index (χ2n) is 8.42. The van der Waals surface area contributed by atoms with Crippen molar-refractivity contribution in [2.45, 2.75) is 13.1 Å². The number of carbonyl (C=O) groups is 2. The lowest BCUT2D eigenvalue weighted by molar-refractivity contribution is -0.144. The Bertz CT molecular complexity index is 1000. The summed E-state index contributed by atoms with van der Waals surface area (Å²) < 4.78 is 0. The Kier molecular flexibility index (Phi) is 7.37. The molecule has 0 radical (unpaired) electrons. The van der Waals surface area contributed by atoms with Crippen LogP contribution in [0.25, 0.3) is 0 Å². The predicted octanol–water partition coefficient (Wildman–Crippen LogP) is 3.61. The molecule has 1 N–H and O–H groups in total. The van der Waals surface area contributed by atoms with Crippen molar-refractivity contribution in [2.75, 3.05) is 43.4 Å². The van der Waals surface area contributed by atoms with Crippen LogP contribution in [0.1, 0.15) is 11.1 Å². The first-order valence-corrected chi connectivity index (χ1v) is 11.3. The highest BCUT2D eigenvalue weighted by molar-refractivity contribution is 6.39. The number of nitrogens with one attached hydrogen (secondary N) is 1. The second-order valence-corrected chi connectivity index (χ2v) is 8.42. The van der Waals surface area contributed by atoms with Gasteiger partial charge in [-0.2, -0.15) is 0 Å². The number of piperazine rings is 1. The molecule has 1 aliphatic heterocycles. The molecule has 6 heteroatoms. The SMILES string of the molecule is CN1CCN(c2ccc(NC(=O)C(=O)N(Cc3ccccc3)Cc3ccccc3)cc2)CC1. The molecule has 0 atom stereocenters. The molecule has 33 heavy (non-hydrogen) atoms. The molecule has 2 amide bonds. The van der Waals surface area contributed by atoms with Gasteiger partial charge in [0.15, 0.2) is 0 Å². The summed E-state index contributed by atoms with van der Waals surface area (Å²) in [7, 11) is 2.13. The summed E-state index contributed by atoms with van der Waals surface area (Å²) in [5.41, 5.74) is 3.70. The van der Waals surface area contributed by atoms with Crippen LogP contribution in [0.15, 0.2) is 84.9 Å². The fourth-order valence-electron chi connectivity index (χ4n) is 3.96. The van der Waals surface area contributed by atoms with Crippen LogP contribution in [0.3, 0.4) is 0 Å². The lowest BCUT2D eigenvalue weighted by Crippen LogP contribution is -2.44. The van der Waals surface area contributed by atoms with Crippen molar-refractivity contribution in [3.63, 3.8) is 0 Å². The van der Waals surface area contributed by atoms with Crippen molar-refractivity contribution < 1.29 is 9.59 Å². The van der Waals surface area contributed by atoms with Crippen LogP contribution in [-0.4, -0.2) is 54.8 Å². The third kappa shape index (κ3) is 6.20. The maximum Gasteiger partial charge on any atom is 0.313 e. The Morgan fingerprint density at radius 1 is 0.758 bits per heavy atom. The molecule has 170 valence electrons. The summed E-state index contributed by atoms with van der Waals surface area (Å²) >= 11 is 0. The zero-order chi connectivity index (χ0) is 23.0. The van der Waals surface area contributed by atoms with Crippen molar-refractivity contribution in [3.05, 3.63) is 96.1 Å². The number of hydrogen-bond donors (Lipinski definition) is 1. The van der Waals surface area contributed by atoms with E-state index in [1.54, 1.807) is 4.90 Å². The molecule has 6 nitrogen and oxygen atoms in total. The minimum absolute atomic E-state index is 0.365. The zero-order valence-corrected chi connectivity index (χ0v) is 19.0. The Morgan fingerprint density at radius 2 is 1.27 bits per heavy atom. The number of carbonyl (C=O) groups excluding carboxylic acids is 2. The standard InChI is InChI=1S/C27H30N4O2/c1-29-16-18-30(19-17-29)25-14-12-24(13-15-25)28-26(32)27(33)31(20-22-8-4-2-5-9-22)21-23-10-6-3-7-11-23/h2-15H,16-21H2,1H3,(H,28,32). The summed E-state index contributed by atoms with van der Waals surface area (Å²) in [5.74, 6) is -1.18. The third-order valence-corrected chi connectivity index (χ3v) is 5.91. The van der Waals surface area contributed by atoms with E-state index >= 15 is 0 Å². The number of likely N-dealkylation sites (N-methyl/N-ethyl adjacent to an activating group) is 1. The lowest BCUT2D eigenvalue weighted by atomic mass is 10.1. The molecule has 1 heterocycles. The van der Waals surface area contributed by atoms with Gasteiger partial charge in [-0.05, 0) is 42.4 Å². The molecule has 1 aliphatic rings. The van der Waals surface area contributed by atoms with E-state index in [9.17, 15) is 9.59 Å². The van der Waals surface area contributed by atoms with E-state index in [1.807, 2.05) is 84.9 Å². The highest BCUT2D eigenvalue weighted by atomic mass is 16.2. The number of benzene rings is 3. The second kappa shape index (κ2) is 10.8. The maximum atomic E-state index is 13.1. The van der Waals surface area contributed by atoms with Gasteiger partial charge in [0.05, 0.1) is 0 Å². The molecule has 3 aromatic rings. The van der Waals surface area contributed by atoms with Crippen LogP contribution in [0.5, 0.6) is 0 Å². The topological polar surface area (TPSA) is 55.9 Å². The van der Waals surface area contributed by atoms with E-state index in [2.05, 4.69) is 22.2 Å². The van der Waals surface area contributed by atoms with E-state index < -0.39 is 11.8 Å². The molecule has 0 aromatic heterocycles. The van der Waals surface area contributed by atoms with Crippen molar-refractivity contribution in [1.29, 1.82) is 0 Å². The minimum atomic E-state index is -0.630. The molecule has 4 rings (SSSR count). The van der Waals surface area contributed by atoms with E-state index in [1.165, 1.54) is 0 Å². The van der Waals surface area contributed by atoms with Gasteiger partial charge in [-0.15, -0.1) is 0 Å². The van der Waals surface area contributed by atoms with Crippen LogP contribution in [-0.2, 0) is 22.7 Å². The quantitative estimate of drug-likeness (QED) is 0.593. The van der Waals surface area contributed by atoms with Gasteiger partial charge in [0.25, 0.3) is 0 Å². The zero-order valence-electron chi connectivity index (χ0n) is 19.0. The van der Waals surface area contributed by atoms with Crippen LogP contribution < -0.4 is 10.2 Å². The van der Waals surface area contributed by atoms with E-state index in [0.717, 1.165) is 43.0 Å². The van der Waals surface area contributed by atoms with Crippen molar-refractivity contribution in [2.24, 2.45) is 0 Å². The molecular weight excluding hydrogens is 412 g/mol. The summed E-state index contributed by atoms with van der Waals surface area (Å²) in [6.45, 7) is 4.76. The molecule has 3 aromatic carbocycles. The van der Waals surface area contributed by atoms with E-state index in [0.29, 0.717) is 18.8 Å². The smallest absolute Gasteiger partial charge is 0.313 e. The number of nitrogens with zero attached hydrogens (tertiary/aromatic N) is 3. The molecule has 0 spiro atoms. The maximum absolute atomic E-state index is 13.1. The van der Waals surface area contributed by atoms with Crippen molar-refractivity contribution in [3.8, 4) is 0 Å². The van der Waals surface area contributed by atoms with Gasteiger partial charge in [0.1, 0.15) is 0 Å². The Morgan fingerprint density at radius 3 is 1.79 bits per heavy atom. The van der Waals surface area contributed by atoms with Crippen molar-refractivity contribution >= 4 is 23.2 Å². The van der Waals surface area contributed by atoms with Gasteiger partial charge in [-0.1, -0.05) is 60.7 Å². The Labute approximate surface area is 195 Å². The summed E-state index contributed by atoms with van der Waals surface area (Å²) in [4.78, 5) is 32.2. The van der Waals surface area contributed by atoms with E-state index in [4.69, 9.17) is 0 Å². The third-order valence-electron chi connectivity index (χ3n) is 5.91. The Balaban J connectivity index is 1.42. The fraction of sp³-hybridized carbons (Fsp3) is 0.259. The highest BCUT2D eigenvalue weighted by Gasteiger charge is 2.23. The molecule has 0 aliphatic carbocycles. The molecule has 1 fully saturated rings. The number of rotatable bonds is 6. The molecular formula is C27H30N4O2. The van der Waals surface area contributed by atoms with Gasteiger partial charge >= 0.3 is 11.8 Å². The van der Waals surface area contributed by atoms with Crippen LogP contribution in [0.2, 0.25) is 0 Å². The first-order chi connectivity index (χ1) is 16.1. The highest BCUT2D eigenvalue weighted by Crippen LogP contribution is 2.20. The monoisotopic (exact) mass is 442 g/mol. The van der Waals surface area contributed by atoms with Gasteiger partial charge in [0.2, 0.25) is 0 Å². The van der Waals surface area contributed by atoms with Crippen LogP contribution in [0, 0.1) is 0 Å². The van der Waals surface area contributed by atoms with Gasteiger partial charge in [0, 0.05) is 50.6 Å². The molecule has 0 unspecified atom stereocenters. The molecule has 0 saturated carbocycles. The first-order valence-electron chi connectivity index (χ1n) is 11.3. The lowest BCUT2D eigenvalue weighted by Gasteiger charge is -2.34. The van der Waals surface area contributed by atoms with Crippen LogP contribution >= 0.6 is 0 Å². The minimum Gasteiger partial charge on any atom is -0.369 e. The van der Waals surface area contributed by atoms with Gasteiger partial charge in [-0.3, -0.25) is 9.59 Å². The first kappa shape index (κ1) is 22.6. The average molecular weight is 443 g/mol. The predicted molar refractivity (Wildman–Crippen MR) is 132 cm³/mol. The summed E-state index contributed by atoms with van der Waals surface area (Å²) in [5, 5.41) is 2.77. The van der Waals surface area contributed by atoms with Gasteiger partial charge < -0.3 is 20.0 Å². The summed E-state index contributed by atoms with van der Waals surface area (Å²) in [6.07, 6.45) is 0. The molecule has 1 saturated heterocycles. The van der Waals surface area contributed by atoms with E-state index in [-0.39, 0.29) is 0 Å². The normalized spacial score (nSPS) is 14.0. The average Bonchev–Trinajstić information content (AvgIpc) is 2.85. The van der Waals surface area contributed by atoms with Crippen LogP contribution in [0.4, 0.5) is 11.4 Å². The van der Waals surface area contributed by atoms with Crippen molar-refractivity contribution in [1.82, 2.24) is 9.80 Å². The molecule has 0 bridgehead atoms. The van der Waals surface area contributed by atoms with Gasteiger partial charge in [-0.25, -0.2) is 0 Å². The fourth-order valence-corrected chi connectivity index (χ4v) is 3.96. The number of hydrogen-bond acceptors (Lipinski definition) is 4. The Hall–Kier alpha value is -3.64. The summed E-state index contributed by atoms with van der Waals surface area (Å²) in [6, 6.07) is 27.1. The largest absolute Gasteiger partial charge is 0.369 e.